The van der Waals surface area contributed by atoms with Crippen molar-refractivity contribution in [2.24, 2.45) is 0 Å². The minimum atomic E-state index is 0.567. The summed E-state index contributed by atoms with van der Waals surface area (Å²) >= 11 is 7.56. The molecule has 0 fully saturated rings. The average molecular weight is 252 g/mol. The second-order valence-electron chi connectivity index (χ2n) is 3.91. The first kappa shape index (κ1) is 11.6. The number of aromatic nitrogens is 1. The third kappa shape index (κ3) is 2.63. The average Bonchev–Trinajstić information content (AvgIpc) is 2.62. The Hall–Kier alpha value is -0.860. The lowest BCUT2D eigenvalue weighted by Crippen LogP contribution is -1.87. The highest BCUT2D eigenvalue weighted by atomic mass is 35.5. The first-order valence-corrected chi connectivity index (χ1v) is 6.61. The molecule has 1 nitrogen and oxygen atoms in total. The first-order valence-electron chi connectivity index (χ1n) is 5.25. The molecular formula is C13H14ClNS. The Kier molecular flexibility index (Phi) is 3.62. The van der Waals surface area contributed by atoms with Crippen molar-refractivity contribution in [3.8, 4) is 0 Å². The van der Waals surface area contributed by atoms with Gasteiger partial charge >= 0.3 is 0 Å². The van der Waals surface area contributed by atoms with E-state index < -0.39 is 0 Å². The van der Waals surface area contributed by atoms with Gasteiger partial charge < -0.3 is 0 Å². The quantitative estimate of drug-likeness (QED) is 0.749. The van der Waals surface area contributed by atoms with Crippen molar-refractivity contribution in [3.05, 3.63) is 51.0 Å². The summed E-state index contributed by atoms with van der Waals surface area (Å²) in [6, 6.07) is 8.59. The summed E-state index contributed by atoms with van der Waals surface area (Å²) < 4.78 is 0. The van der Waals surface area contributed by atoms with Crippen LogP contribution in [0.4, 0.5) is 0 Å². The molecule has 0 aliphatic heterocycles. The van der Waals surface area contributed by atoms with Crippen molar-refractivity contribution in [1.29, 1.82) is 0 Å². The molecule has 0 amide bonds. The molecule has 1 heterocycles. The van der Waals surface area contributed by atoms with Gasteiger partial charge in [-0.3, -0.25) is 0 Å². The maximum absolute atomic E-state index is 5.84. The minimum Gasteiger partial charge on any atom is -0.246 e. The number of thiazole rings is 1. The molecule has 0 aliphatic carbocycles. The van der Waals surface area contributed by atoms with Gasteiger partial charge in [-0.1, -0.05) is 29.8 Å². The number of benzene rings is 1. The summed E-state index contributed by atoms with van der Waals surface area (Å²) in [4.78, 5) is 5.72. The van der Waals surface area contributed by atoms with Crippen LogP contribution in [0.15, 0.2) is 24.3 Å². The summed E-state index contributed by atoms with van der Waals surface area (Å²) in [5.74, 6) is 0.567. The number of aryl methyl sites for hydroxylation is 2. The van der Waals surface area contributed by atoms with Crippen molar-refractivity contribution in [2.45, 2.75) is 26.1 Å². The van der Waals surface area contributed by atoms with Crippen molar-refractivity contribution < 1.29 is 0 Å². The van der Waals surface area contributed by atoms with Crippen molar-refractivity contribution in [3.63, 3.8) is 0 Å². The third-order valence-corrected chi connectivity index (χ3v) is 4.12. The van der Waals surface area contributed by atoms with E-state index in [4.69, 9.17) is 11.6 Å². The number of hydrogen-bond donors (Lipinski definition) is 0. The Morgan fingerprint density at radius 3 is 2.44 bits per heavy atom. The fraction of sp³-hybridized carbons (Fsp3) is 0.308. The fourth-order valence-electron chi connectivity index (χ4n) is 1.57. The van der Waals surface area contributed by atoms with Gasteiger partial charge in [0.05, 0.1) is 16.6 Å². The molecule has 0 bridgehead atoms. The van der Waals surface area contributed by atoms with Crippen LogP contribution in [0.1, 0.15) is 26.7 Å². The molecule has 0 saturated heterocycles. The maximum Gasteiger partial charge on any atom is 0.0975 e. The molecule has 0 atom stereocenters. The number of rotatable bonds is 3. The van der Waals surface area contributed by atoms with E-state index >= 15 is 0 Å². The van der Waals surface area contributed by atoms with Gasteiger partial charge in [0, 0.05) is 11.3 Å². The topological polar surface area (TPSA) is 12.9 Å². The summed E-state index contributed by atoms with van der Waals surface area (Å²) in [7, 11) is 0. The van der Waals surface area contributed by atoms with Crippen LogP contribution < -0.4 is 0 Å². The van der Waals surface area contributed by atoms with E-state index in [2.05, 4.69) is 36.2 Å². The van der Waals surface area contributed by atoms with Crippen LogP contribution in [-0.2, 0) is 12.3 Å². The minimum absolute atomic E-state index is 0.567. The molecule has 0 N–H and O–H groups in total. The predicted octanol–water partition coefficient (Wildman–Crippen LogP) is 4.09. The van der Waals surface area contributed by atoms with Crippen LogP contribution in [0.3, 0.4) is 0 Å². The van der Waals surface area contributed by atoms with Gasteiger partial charge in [-0.05, 0) is 19.4 Å². The molecular weight excluding hydrogens is 238 g/mol. The van der Waals surface area contributed by atoms with Crippen LogP contribution in [0.2, 0.25) is 0 Å². The lowest BCUT2D eigenvalue weighted by molar-refractivity contribution is 1.09. The second kappa shape index (κ2) is 4.98. The molecule has 16 heavy (non-hydrogen) atoms. The zero-order valence-electron chi connectivity index (χ0n) is 9.46. The highest BCUT2D eigenvalue weighted by Crippen LogP contribution is 2.22. The lowest BCUT2D eigenvalue weighted by atomic mass is 10.1. The lowest BCUT2D eigenvalue weighted by Gasteiger charge is -1.98. The number of alkyl halides is 1. The Bertz CT molecular complexity index is 473. The maximum atomic E-state index is 5.84. The van der Waals surface area contributed by atoms with Gasteiger partial charge in [0.2, 0.25) is 0 Å². The summed E-state index contributed by atoms with van der Waals surface area (Å²) in [6.45, 7) is 4.12. The van der Waals surface area contributed by atoms with Gasteiger partial charge in [0.15, 0.2) is 0 Å². The molecule has 0 saturated carbocycles. The van der Waals surface area contributed by atoms with E-state index in [9.17, 15) is 0 Å². The Morgan fingerprint density at radius 1 is 1.19 bits per heavy atom. The van der Waals surface area contributed by atoms with Gasteiger partial charge in [0.1, 0.15) is 0 Å². The number of nitrogens with zero attached hydrogens (tertiary/aromatic N) is 1. The molecule has 3 heteroatoms. The number of halogens is 1. The zero-order chi connectivity index (χ0) is 11.5. The SMILES string of the molecule is Cc1ccc(Cc2nc(C)c(CCl)s2)cc1. The Labute approximate surface area is 105 Å². The van der Waals surface area contributed by atoms with E-state index in [1.54, 1.807) is 11.3 Å². The van der Waals surface area contributed by atoms with Gasteiger partial charge in [0.25, 0.3) is 0 Å². The number of hydrogen-bond acceptors (Lipinski definition) is 2. The van der Waals surface area contributed by atoms with Crippen LogP contribution in [0.5, 0.6) is 0 Å². The van der Waals surface area contributed by atoms with E-state index in [0.29, 0.717) is 5.88 Å². The van der Waals surface area contributed by atoms with Gasteiger partial charge in [-0.25, -0.2) is 4.98 Å². The largest absolute Gasteiger partial charge is 0.246 e. The monoisotopic (exact) mass is 251 g/mol. The van der Waals surface area contributed by atoms with E-state index in [-0.39, 0.29) is 0 Å². The molecule has 2 aromatic rings. The molecule has 1 aromatic heterocycles. The highest BCUT2D eigenvalue weighted by molar-refractivity contribution is 7.12. The van der Waals surface area contributed by atoms with Crippen molar-refractivity contribution in [1.82, 2.24) is 4.98 Å². The summed E-state index contributed by atoms with van der Waals surface area (Å²) in [5.41, 5.74) is 3.67. The molecule has 0 unspecified atom stereocenters. The Morgan fingerprint density at radius 2 is 1.88 bits per heavy atom. The molecule has 0 aliphatic rings. The van der Waals surface area contributed by atoms with E-state index in [0.717, 1.165) is 17.1 Å². The van der Waals surface area contributed by atoms with E-state index in [1.807, 2.05) is 6.92 Å². The molecule has 1 aromatic carbocycles. The van der Waals surface area contributed by atoms with Gasteiger partial charge in [-0.15, -0.1) is 22.9 Å². The van der Waals surface area contributed by atoms with Gasteiger partial charge in [-0.2, -0.15) is 0 Å². The summed E-state index contributed by atoms with van der Waals surface area (Å²) in [5, 5.41) is 1.15. The fourth-order valence-corrected chi connectivity index (χ4v) is 2.88. The van der Waals surface area contributed by atoms with Crippen LogP contribution in [0, 0.1) is 13.8 Å². The molecule has 0 spiro atoms. The third-order valence-electron chi connectivity index (χ3n) is 2.53. The standard InChI is InChI=1S/C13H14ClNS/c1-9-3-5-11(6-4-9)7-13-15-10(2)12(8-14)16-13/h3-6H,7-8H2,1-2H3. The predicted molar refractivity (Wildman–Crippen MR) is 70.4 cm³/mol. The van der Waals surface area contributed by atoms with Crippen LogP contribution in [0.25, 0.3) is 0 Å². The van der Waals surface area contributed by atoms with Crippen LogP contribution >= 0.6 is 22.9 Å². The molecule has 84 valence electrons. The normalized spacial score (nSPS) is 10.7. The molecule has 2 rings (SSSR count). The highest BCUT2D eigenvalue weighted by Gasteiger charge is 2.06. The first-order chi connectivity index (χ1) is 7.69. The molecule has 0 radical (unpaired) electrons. The summed E-state index contributed by atoms with van der Waals surface area (Å²) in [6.07, 6.45) is 0.905. The van der Waals surface area contributed by atoms with E-state index in [1.165, 1.54) is 16.0 Å². The van der Waals surface area contributed by atoms with Crippen molar-refractivity contribution >= 4 is 22.9 Å². The Balaban J connectivity index is 2.17. The smallest absolute Gasteiger partial charge is 0.0975 e. The second-order valence-corrected chi connectivity index (χ2v) is 5.35. The van der Waals surface area contributed by atoms with Crippen molar-refractivity contribution in [2.75, 3.05) is 0 Å². The zero-order valence-corrected chi connectivity index (χ0v) is 11.0. The van der Waals surface area contributed by atoms with Crippen LogP contribution in [-0.4, -0.2) is 4.98 Å².